The maximum absolute atomic E-state index is 13.4. The molecule has 150 valence electrons. The van der Waals surface area contributed by atoms with Crippen LogP contribution in [0.3, 0.4) is 0 Å². The topological polar surface area (TPSA) is 117 Å². The average Bonchev–Trinajstić information content (AvgIpc) is 3.10. The number of hydrogen-bond donors (Lipinski definition) is 2. The van der Waals surface area contributed by atoms with Gasteiger partial charge in [-0.05, 0) is 35.9 Å². The number of ether oxygens (including phenoxy) is 2. The van der Waals surface area contributed by atoms with Gasteiger partial charge in [-0.15, -0.1) is 10.2 Å². The van der Waals surface area contributed by atoms with Crippen LogP contribution in [-0.2, 0) is 0 Å². The van der Waals surface area contributed by atoms with Crippen molar-refractivity contribution in [3.8, 4) is 11.5 Å². The van der Waals surface area contributed by atoms with Gasteiger partial charge in [-0.25, -0.2) is 23.7 Å². The molecule has 1 heterocycles. The highest BCUT2D eigenvalue weighted by atomic mass is 35.5. The Kier molecular flexibility index (Phi) is 5.88. The number of carbonyl (C=O) groups excluding carboxylic acids is 1. The first kappa shape index (κ1) is 20.0. The first-order chi connectivity index (χ1) is 13.9. The highest BCUT2D eigenvalue weighted by Gasteiger charge is 2.18. The minimum absolute atomic E-state index is 0.0464. The number of nitrogens with one attached hydrogen (secondary N) is 1. The highest BCUT2D eigenvalue weighted by molar-refractivity contribution is 6.33. The predicted octanol–water partition coefficient (Wildman–Crippen LogP) is 2.60. The average molecular weight is 423 g/mol. The van der Waals surface area contributed by atoms with Crippen molar-refractivity contribution in [2.75, 3.05) is 18.4 Å². The number of nitrogens with two attached hydrogens (primary N) is 1. The third kappa shape index (κ3) is 4.58. The van der Waals surface area contributed by atoms with Gasteiger partial charge in [0.25, 0.3) is 5.95 Å². The lowest BCUT2D eigenvalue weighted by Gasteiger charge is -2.11. The molecule has 1 aromatic heterocycles. The van der Waals surface area contributed by atoms with E-state index in [0.29, 0.717) is 17.7 Å². The zero-order valence-corrected chi connectivity index (χ0v) is 15.5. The number of esters is 1. The van der Waals surface area contributed by atoms with Crippen LogP contribution in [0, 0.1) is 11.6 Å². The Bertz CT molecular complexity index is 1090. The van der Waals surface area contributed by atoms with Crippen molar-refractivity contribution in [2.24, 2.45) is 5.10 Å². The van der Waals surface area contributed by atoms with E-state index < -0.39 is 17.6 Å². The number of hydrazone groups is 1. The van der Waals surface area contributed by atoms with Gasteiger partial charge >= 0.3 is 5.97 Å². The van der Waals surface area contributed by atoms with Crippen LogP contribution in [-0.4, -0.2) is 34.2 Å². The smallest absolute Gasteiger partial charge is 0.345 e. The standard InChI is InChI=1S/C17H13ClF2N6O3/c1-28-15-4-9(7-22-24-17-25-23-8-26(17)21)2-3-14(15)29-16(27)10-5-12(19)13(20)6-11(10)18/h2-8H,21H2,1H3,(H,24,25). The second-order valence-electron chi connectivity index (χ2n) is 5.48. The molecule has 0 saturated carbocycles. The second-order valence-corrected chi connectivity index (χ2v) is 5.88. The SMILES string of the molecule is COc1cc(C=NNc2nncn2N)ccc1OC(=O)c1cc(F)c(F)cc1Cl. The Morgan fingerprint density at radius 3 is 2.72 bits per heavy atom. The van der Waals surface area contributed by atoms with Gasteiger partial charge < -0.3 is 15.3 Å². The van der Waals surface area contributed by atoms with Gasteiger partial charge in [0.15, 0.2) is 23.1 Å². The molecule has 0 radical (unpaired) electrons. The lowest BCUT2D eigenvalue weighted by atomic mass is 10.2. The molecule has 0 aliphatic heterocycles. The van der Waals surface area contributed by atoms with Gasteiger partial charge in [0.05, 0.1) is 23.9 Å². The number of halogens is 3. The summed E-state index contributed by atoms with van der Waals surface area (Å²) in [5.41, 5.74) is 2.85. The summed E-state index contributed by atoms with van der Waals surface area (Å²) in [6.07, 6.45) is 2.73. The zero-order chi connectivity index (χ0) is 21.0. The number of hydrogen-bond acceptors (Lipinski definition) is 8. The Labute approximate surface area is 167 Å². The van der Waals surface area contributed by atoms with Crippen LogP contribution >= 0.6 is 11.6 Å². The number of nitrogens with zero attached hydrogens (tertiary/aromatic N) is 4. The Balaban J connectivity index is 1.76. The first-order valence-corrected chi connectivity index (χ1v) is 8.25. The van der Waals surface area contributed by atoms with Crippen LogP contribution in [0.25, 0.3) is 0 Å². The summed E-state index contributed by atoms with van der Waals surface area (Å²) >= 11 is 5.79. The van der Waals surface area contributed by atoms with E-state index >= 15 is 0 Å². The fourth-order valence-electron chi connectivity index (χ4n) is 2.17. The number of nitrogen functional groups attached to an aromatic ring is 1. The largest absolute Gasteiger partial charge is 0.493 e. The van der Waals surface area contributed by atoms with E-state index in [1.54, 1.807) is 6.07 Å². The summed E-state index contributed by atoms with van der Waals surface area (Å²) in [6.45, 7) is 0. The molecule has 0 bridgehead atoms. The molecule has 0 unspecified atom stereocenters. The van der Waals surface area contributed by atoms with Crippen molar-refractivity contribution >= 4 is 29.7 Å². The van der Waals surface area contributed by atoms with Gasteiger partial charge in [-0.2, -0.15) is 5.10 Å². The van der Waals surface area contributed by atoms with Crippen LogP contribution in [0.15, 0.2) is 41.8 Å². The molecule has 29 heavy (non-hydrogen) atoms. The van der Waals surface area contributed by atoms with E-state index in [-0.39, 0.29) is 28.0 Å². The highest BCUT2D eigenvalue weighted by Crippen LogP contribution is 2.29. The molecule has 0 spiro atoms. The Morgan fingerprint density at radius 2 is 2.03 bits per heavy atom. The molecule has 9 nitrogen and oxygen atoms in total. The minimum Gasteiger partial charge on any atom is -0.493 e. The van der Waals surface area contributed by atoms with Crippen molar-refractivity contribution in [1.82, 2.24) is 14.9 Å². The van der Waals surface area contributed by atoms with Gasteiger partial charge in [-0.3, -0.25) is 0 Å². The third-order valence-corrected chi connectivity index (χ3v) is 3.88. The van der Waals surface area contributed by atoms with E-state index in [0.717, 1.165) is 4.68 Å². The molecule has 0 aliphatic carbocycles. The van der Waals surface area contributed by atoms with Gasteiger partial charge in [-0.1, -0.05) is 11.6 Å². The zero-order valence-electron chi connectivity index (χ0n) is 14.8. The molecule has 0 fully saturated rings. The van der Waals surface area contributed by atoms with E-state index in [4.69, 9.17) is 26.9 Å². The molecular formula is C17H13ClF2N6O3. The number of anilines is 1. The molecule has 0 atom stereocenters. The predicted molar refractivity (Wildman–Crippen MR) is 101 cm³/mol. The molecule has 0 amide bonds. The van der Waals surface area contributed by atoms with Crippen molar-refractivity contribution in [2.45, 2.75) is 0 Å². The fraction of sp³-hybridized carbons (Fsp3) is 0.0588. The van der Waals surface area contributed by atoms with Crippen LogP contribution in [0.5, 0.6) is 11.5 Å². The maximum Gasteiger partial charge on any atom is 0.345 e. The first-order valence-electron chi connectivity index (χ1n) is 7.88. The summed E-state index contributed by atoms with van der Waals surface area (Å²) in [4.78, 5) is 12.3. The second kappa shape index (κ2) is 8.52. The summed E-state index contributed by atoms with van der Waals surface area (Å²) in [7, 11) is 1.37. The molecule has 2 aromatic carbocycles. The Morgan fingerprint density at radius 1 is 1.28 bits per heavy atom. The number of benzene rings is 2. The number of methoxy groups -OCH3 is 1. The molecule has 0 aliphatic rings. The number of aromatic nitrogens is 3. The number of rotatable bonds is 6. The molecular weight excluding hydrogens is 410 g/mol. The molecule has 3 rings (SSSR count). The summed E-state index contributed by atoms with van der Waals surface area (Å²) in [6, 6.07) is 5.91. The van der Waals surface area contributed by atoms with E-state index in [2.05, 4.69) is 20.7 Å². The van der Waals surface area contributed by atoms with Crippen molar-refractivity contribution in [3.63, 3.8) is 0 Å². The van der Waals surface area contributed by atoms with E-state index in [1.807, 2.05) is 0 Å². The lowest BCUT2D eigenvalue weighted by Crippen LogP contribution is -2.11. The summed E-state index contributed by atoms with van der Waals surface area (Å²) in [5, 5.41) is 10.9. The summed E-state index contributed by atoms with van der Waals surface area (Å²) < 4.78 is 38.1. The molecule has 3 aromatic rings. The molecule has 0 saturated heterocycles. The lowest BCUT2D eigenvalue weighted by molar-refractivity contribution is 0.0729. The van der Waals surface area contributed by atoms with Crippen LogP contribution in [0.1, 0.15) is 15.9 Å². The van der Waals surface area contributed by atoms with Crippen molar-refractivity contribution < 1.29 is 23.0 Å². The monoisotopic (exact) mass is 422 g/mol. The normalized spacial score (nSPS) is 10.9. The van der Waals surface area contributed by atoms with Crippen molar-refractivity contribution in [1.29, 1.82) is 0 Å². The van der Waals surface area contributed by atoms with Crippen molar-refractivity contribution in [3.05, 3.63) is 64.4 Å². The van der Waals surface area contributed by atoms with Gasteiger partial charge in [0.1, 0.15) is 6.33 Å². The van der Waals surface area contributed by atoms with Crippen LogP contribution in [0.4, 0.5) is 14.7 Å². The van der Waals surface area contributed by atoms with Crippen LogP contribution < -0.4 is 20.7 Å². The third-order valence-electron chi connectivity index (χ3n) is 3.57. The van der Waals surface area contributed by atoms with E-state index in [9.17, 15) is 13.6 Å². The quantitative estimate of drug-likeness (QED) is 0.156. The summed E-state index contributed by atoms with van der Waals surface area (Å²) in [5.74, 6) is 2.64. The van der Waals surface area contributed by atoms with Gasteiger partial charge in [0, 0.05) is 0 Å². The molecule has 3 N–H and O–H groups in total. The number of carbonyl (C=O) groups is 1. The van der Waals surface area contributed by atoms with E-state index in [1.165, 1.54) is 31.8 Å². The molecule has 12 heteroatoms. The Hall–Kier alpha value is -3.73. The minimum atomic E-state index is -1.22. The van der Waals surface area contributed by atoms with Crippen LogP contribution in [0.2, 0.25) is 5.02 Å². The maximum atomic E-state index is 13.4. The fourth-order valence-corrected chi connectivity index (χ4v) is 2.40. The van der Waals surface area contributed by atoms with Gasteiger partial charge in [0.2, 0.25) is 0 Å².